The first-order chi connectivity index (χ1) is 12.1. The summed E-state index contributed by atoms with van der Waals surface area (Å²) >= 11 is 0. The fourth-order valence-electron chi connectivity index (χ4n) is 2.47. The molecule has 6 nitrogen and oxygen atoms in total. The number of carbonyl (C=O) groups excluding carboxylic acids is 1. The molecule has 0 atom stereocenters. The van der Waals surface area contributed by atoms with Gasteiger partial charge in [0, 0.05) is 42.4 Å². The van der Waals surface area contributed by atoms with E-state index in [2.05, 4.69) is 10.3 Å². The second-order valence-electron chi connectivity index (χ2n) is 5.62. The van der Waals surface area contributed by atoms with Gasteiger partial charge < -0.3 is 14.5 Å². The average Bonchev–Trinajstić information content (AvgIpc) is 2.60. The molecular formula is C19H18N2O4. The maximum absolute atomic E-state index is 11.8. The van der Waals surface area contributed by atoms with Crippen molar-refractivity contribution in [3.8, 4) is 5.75 Å². The highest BCUT2D eigenvalue weighted by Gasteiger charge is 2.06. The van der Waals surface area contributed by atoms with E-state index in [4.69, 9.17) is 9.15 Å². The van der Waals surface area contributed by atoms with Gasteiger partial charge in [-0.25, -0.2) is 4.79 Å². The van der Waals surface area contributed by atoms with Crippen LogP contribution in [0.5, 0.6) is 5.75 Å². The second-order valence-corrected chi connectivity index (χ2v) is 5.62. The van der Waals surface area contributed by atoms with Gasteiger partial charge in [-0.3, -0.25) is 9.78 Å². The van der Waals surface area contributed by atoms with Gasteiger partial charge in [0.25, 0.3) is 5.91 Å². The van der Waals surface area contributed by atoms with Crippen LogP contribution in [0, 0.1) is 6.92 Å². The molecule has 0 fully saturated rings. The number of pyridine rings is 1. The summed E-state index contributed by atoms with van der Waals surface area (Å²) in [6, 6.07) is 12.3. The number of aromatic nitrogens is 1. The standard InChI is InChI=1S/C19H18N2O4/c1-13-10-19(23)25-17-11-15(5-6-16(13)17)24-12-18(22)21-9-7-14-4-2-3-8-20-14/h2-6,8,10-11H,7,9,12H2,1H3,(H,21,22). The Labute approximate surface area is 144 Å². The molecule has 1 aromatic carbocycles. The van der Waals surface area contributed by atoms with E-state index in [1.807, 2.05) is 31.2 Å². The van der Waals surface area contributed by atoms with E-state index in [1.54, 1.807) is 18.3 Å². The minimum atomic E-state index is -0.408. The van der Waals surface area contributed by atoms with E-state index < -0.39 is 5.63 Å². The largest absolute Gasteiger partial charge is 0.484 e. The molecule has 25 heavy (non-hydrogen) atoms. The summed E-state index contributed by atoms with van der Waals surface area (Å²) in [6.07, 6.45) is 2.38. The summed E-state index contributed by atoms with van der Waals surface area (Å²) in [7, 11) is 0. The number of fused-ring (bicyclic) bond motifs is 1. The van der Waals surface area contributed by atoms with Crippen LogP contribution >= 0.6 is 0 Å². The van der Waals surface area contributed by atoms with E-state index >= 15 is 0 Å². The molecule has 128 valence electrons. The molecule has 0 unspecified atom stereocenters. The zero-order chi connectivity index (χ0) is 17.6. The Morgan fingerprint density at radius 3 is 2.92 bits per heavy atom. The van der Waals surface area contributed by atoms with Gasteiger partial charge in [0.2, 0.25) is 0 Å². The van der Waals surface area contributed by atoms with Crippen LogP contribution in [0.15, 0.2) is 57.9 Å². The number of benzene rings is 1. The third-order valence-corrected chi connectivity index (χ3v) is 3.72. The lowest BCUT2D eigenvalue weighted by Gasteiger charge is -2.08. The highest BCUT2D eigenvalue weighted by molar-refractivity contribution is 5.81. The summed E-state index contributed by atoms with van der Waals surface area (Å²) in [5.74, 6) is 0.253. The van der Waals surface area contributed by atoms with Crippen molar-refractivity contribution < 1.29 is 13.9 Å². The molecule has 0 spiro atoms. The first-order valence-corrected chi connectivity index (χ1v) is 7.96. The molecule has 0 bridgehead atoms. The lowest BCUT2D eigenvalue weighted by Crippen LogP contribution is -2.30. The number of rotatable bonds is 6. The highest BCUT2D eigenvalue weighted by atomic mass is 16.5. The van der Waals surface area contributed by atoms with Crippen LogP contribution in [0.1, 0.15) is 11.3 Å². The average molecular weight is 338 g/mol. The van der Waals surface area contributed by atoms with Crippen LogP contribution in [0.2, 0.25) is 0 Å². The van der Waals surface area contributed by atoms with Gasteiger partial charge in [0.05, 0.1) is 0 Å². The third-order valence-electron chi connectivity index (χ3n) is 3.72. The quantitative estimate of drug-likeness (QED) is 0.697. The van der Waals surface area contributed by atoms with E-state index in [-0.39, 0.29) is 12.5 Å². The molecule has 0 saturated carbocycles. The molecule has 6 heteroatoms. The zero-order valence-electron chi connectivity index (χ0n) is 13.8. The van der Waals surface area contributed by atoms with Crippen LogP contribution in [-0.2, 0) is 11.2 Å². The Bertz CT molecular complexity index is 935. The van der Waals surface area contributed by atoms with Crippen molar-refractivity contribution in [3.63, 3.8) is 0 Å². The van der Waals surface area contributed by atoms with Crippen molar-refractivity contribution in [1.29, 1.82) is 0 Å². The first-order valence-electron chi connectivity index (χ1n) is 7.96. The van der Waals surface area contributed by atoms with E-state index in [9.17, 15) is 9.59 Å². The normalized spacial score (nSPS) is 10.6. The van der Waals surface area contributed by atoms with Gasteiger partial charge in [-0.2, -0.15) is 0 Å². The fourth-order valence-corrected chi connectivity index (χ4v) is 2.47. The van der Waals surface area contributed by atoms with Crippen molar-refractivity contribution in [2.75, 3.05) is 13.2 Å². The summed E-state index contributed by atoms with van der Waals surface area (Å²) in [4.78, 5) is 27.5. The van der Waals surface area contributed by atoms with Crippen LogP contribution < -0.4 is 15.7 Å². The molecule has 0 saturated heterocycles. The molecule has 3 aromatic rings. The van der Waals surface area contributed by atoms with Crippen LogP contribution in [-0.4, -0.2) is 24.0 Å². The van der Waals surface area contributed by atoms with Gasteiger partial charge in [-0.05, 0) is 36.8 Å². The molecule has 2 heterocycles. The van der Waals surface area contributed by atoms with E-state index in [0.717, 1.165) is 16.6 Å². The Morgan fingerprint density at radius 1 is 1.24 bits per heavy atom. The van der Waals surface area contributed by atoms with Crippen LogP contribution in [0.4, 0.5) is 0 Å². The van der Waals surface area contributed by atoms with Crippen molar-refractivity contribution in [2.45, 2.75) is 13.3 Å². The summed E-state index contributed by atoms with van der Waals surface area (Å²) in [5, 5.41) is 3.62. The number of hydrogen-bond acceptors (Lipinski definition) is 5. The van der Waals surface area contributed by atoms with Crippen LogP contribution in [0.3, 0.4) is 0 Å². The fraction of sp³-hybridized carbons (Fsp3) is 0.211. The Balaban J connectivity index is 1.53. The van der Waals surface area contributed by atoms with E-state index in [0.29, 0.717) is 24.3 Å². The summed E-state index contributed by atoms with van der Waals surface area (Å²) in [6.45, 7) is 2.23. The number of nitrogens with zero attached hydrogens (tertiary/aromatic N) is 1. The predicted octanol–water partition coefficient (Wildman–Crippen LogP) is 2.23. The minimum absolute atomic E-state index is 0.107. The molecule has 0 radical (unpaired) electrons. The first kappa shape index (κ1) is 16.7. The highest BCUT2D eigenvalue weighted by Crippen LogP contribution is 2.22. The summed E-state index contributed by atoms with van der Waals surface area (Å²) in [5.41, 5.74) is 1.79. The number of aryl methyl sites for hydroxylation is 1. The van der Waals surface area contributed by atoms with Gasteiger partial charge in [0.15, 0.2) is 6.61 Å². The molecule has 0 aliphatic carbocycles. The Morgan fingerprint density at radius 2 is 2.12 bits per heavy atom. The third kappa shape index (κ3) is 4.44. The lowest BCUT2D eigenvalue weighted by molar-refractivity contribution is -0.123. The van der Waals surface area contributed by atoms with Gasteiger partial charge in [-0.15, -0.1) is 0 Å². The maximum atomic E-state index is 11.8. The van der Waals surface area contributed by atoms with Gasteiger partial charge in [0.1, 0.15) is 11.3 Å². The molecule has 1 amide bonds. The second kappa shape index (κ2) is 7.61. The van der Waals surface area contributed by atoms with Crippen molar-refractivity contribution in [2.24, 2.45) is 0 Å². The maximum Gasteiger partial charge on any atom is 0.336 e. The summed E-state index contributed by atoms with van der Waals surface area (Å²) < 4.78 is 10.6. The number of carbonyl (C=O) groups is 1. The SMILES string of the molecule is Cc1cc(=O)oc2cc(OCC(=O)NCCc3ccccn3)ccc12. The number of amides is 1. The molecule has 3 rings (SSSR count). The minimum Gasteiger partial charge on any atom is -0.484 e. The van der Waals surface area contributed by atoms with E-state index in [1.165, 1.54) is 6.07 Å². The monoisotopic (exact) mass is 338 g/mol. The molecule has 0 aliphatic heterocycles. The predicted molar refractivity (Wildman–Crippen MR) is 93.7 cm³/mol. The smallest absolute Gasteiger partial charge is 0.336 e. The van der Waals surface area contributed by atoms with Crippen molar-refractivity contribution >= 4 is 16.9 Å². The molecular weight excluding hydrogens is 320 g/mol. The van der Waals surface area contributed by atoms with Crippen molar-refractivity contribution in [1.82, 2.24) is 10.3 Å². The zero-order valence-corrected chi connectivity index (χ0v) is 13.8. The van der Waals surface area contributed by atoms with Crippen molar-refractivity contribution in [3.05, 3.63) is 70.3 Å². The molecule has 2 aromatic heterocycles. The van der Waals surface area contributed by atoms with Gasteiger partial charge >= 0.3 is 5.63 Å². The molecule has 1 N–H and O–H groups in total. The lowest BCUT2D eigenvalue weighted by atomic mass is 10.1. The number of ether oxygens (including phenoxy) is 1. The molecule has 0 aliphatic rings. The van der Waals surface area contributed by atoms with Gasteiger partial charge in [-0.1, -0.05) is 6.07 Å². The topological polar surface area (TPSA) is 81.4 Å². The Kier molecular flexibility index (Phi) is 5.09. The Hall–Kier alpha value is -3.15. The number of nitrogens with one attached hydrogen (secondary N) is 1. The number of hydrogen-bond donors (Lipinski definition) is 1. The van der Waals surface area contributed by atoms with Crippen LogP contribution in [0.25, 0.3) is 11.0 Å².